The first-order chi connectivity index (χ1) is 31.7. The van der Waals surface area contributed by atoms with Crippen LogP contribution in [0.5, 0.6) is 0 Å². The lowest BCUT2D eigenvalue weighted by Crippen LogP contribution is -2.40. The second kappa shape index (κ2) is 19.6. The maximum absolute atomic E-state index is 14.0. The monoisotopic (exact) mass is 902 g/mol. The van der Waals surface area contributed by atoms with Crippen LogP contribution in [0, 0.1) is 0 Å². The van der Waals surface area contributed by atoms with Gasteiger partial charge in [0.05, 0.1) is 22.8 Å². The van der Waals surface area contributed by atoms with E-state index in [9.17, 15) is 14.4 Å². The molecule has 3 aromatic heterocycles. The number of aromatic nitrogens is 5. The number of fused-ring (bicyclic) bond motifs is 1. The predicted molar refractivity (Wildman–Crippen MR) is 260 cm³/mol. The number of carbonyl (C=O) groups excluding carboxylic acids is 3. The largest absolute Gasteiger partial charge is 0.444 e. The SMILES string of the molecule is CC(C)c1ccc2c(Nc3cc(C(=O)Nc4ccc(-c5c[nH]c([C@@H]6CCCN6C(=O)[C@@H](c6ccccc6)N(C)C)n5)cc4)ccc3Sc3ccc(NC(=O)OC(C)(C)C)cc3)ncnc2n1. The lowest BCUT2D eigenvalue weighted by atomic mass is 10.0. The molecular formula is C51H54N10O4S. The fourth-order valence-electron chi connectivity index (χ4n) is 7.87. The second-order valence-corrected chi connectivity index (χ2v) is 18.9. The maximum Gasteiger partial charge on any atom is 0.412 e. The van der Waals surface area contributed by atoms with E-state index >= 15 is 0 Å². The van der Waals surface area contributed by atoms with Crippen LogP contribution in [0.1, 0.15) is 92.9 Å². The lowest BCUT2D eigenvalue weighted by molar-refractivity contribution is -0.137. The van der Waals surface area contributed by atoms with Crippen LogP contribution in [0.3, 0.4) is 0 Å². The van der Waals surface area contributed by atoms with Gasteiger partial charge in [0.2, 0.25) is 5.91 Å². The Balaban J connectivity index is 0.992. The van der Waals surface area contributed by atoms with Gasteiger partial charge < -0.3 is 25.3 Å². The molecule has 66 heavy (non-hydrogen) atoms. The Kier molecular flexibility index (Phi) is 13.5. The minimum Gasteiger partial charge on any atom is -0.444 e. The molecule has 2 atom stereocenters. The number of hydrogen-bond acceptors (Lipinski definition) is 11. The van der Waals surface area contributed by atoms with Crippen molar-refractivity contribution in [2.75, 3.05) is 36.6 Å². The van der Waals surface area contributed by atoms with E-state index < -0.39 is 11.7 Å². The Labute approximate surface area is 389 Å². The molecule has 15 heteroatoms. The highest BCUT2D eigenvalue weighted by Gasteiger charge is 2.37. The average Bonchev–Trinajstić information content (AvgIpc) is 3.99. The van der Waals surface area contributed by atoms with Crippen molar-refractivity contribution in [1.29, 1.82) is 0 Å². The third-order valence-electron chi connectivity index (χ3n) is 11.1. The number of nitrogens with one attached hydrogen (secondary N) is 4. The number of anilines is 4. The summed E-state index contributed by atoms with van der Waals surface area (Å²) in [6.45, 7) is 10.3. The molecule has 0 bridgehead atoms. The van der Waals surface area contributed by atoms with Crippen LogP contribution in [-0.4, -0.2) is 78.9 Å². The van der Waals surface area contributed by atoms with Crippen molar-refractivity contribution in [3.8, 4) is 11.3 Å². The zero-order valence-electron chi connectivity index (χ0n) is 38.1. The first kappa shape index (κ1) is 45.5. The molecule has 3 amide bonds. The molecule has 0 spiro atoms. The van der Waals surface area contributed by atoms with Gasteiger partial charge in [0.15, 0.2) is 5.65 Å². The number of benzene rings is 4. The van der Waals surface area contributed by atoms with Crippen molar-refractivity contribution < 1.29 is 19.1 Å². The van der Waals surface area contributed by atoms with Crippen molar-refractivity contribution in [1.82, 2.24) is 34.7 Å². The number of amides is 3. The molecule has 0 aliphatic carbocycles. The second-order valence-electron chi connectivity index (χ2n) is 17.7. The van der Waals surface area contributed by atoms with Crippen molar-refractivity contribution in [2.24, 2.45) is 0 Å². The summed E-state index contributed by atoms with van der Waals surface area (Å²) in [5.41, 5.74) is 5.76. The van der Waals surface area contributed by atoms with Gasteiger partial charge in [-0.25, -0.2) is 24.7 Å². The van der Waals surface area contributed by atoms with Crippen LogP contribution in [0.25, 0.3) is 22.3 Å². The molecule has 1 aliphatic rings. The number of nitrogens with zero attached hydrogens (tertiary/aromatic N) is 6. The summed E-state index contributed by atoms with van der Waals surface area (Å²) < 4.78 is 5.40. The molecule has 1 aliphatic heterocycles. The standard InChI is InChI=1S/C51H54N10O4S/c1-31(2)39-25-24-38-45(57-39)53-30-54-46(38)58-40-28-34(17-26-43(40)66-37-22-20-36(21-23-37)56-50(64)65-51(3,4)5)48(62)55-35-18-15-32(16-19-35)41-29-52-47(59-41)42-14-11-27-61(42)49(63)44(60(6)7)33-12-9-8-10-13-33/h8-10,12-13,15-26,28-31,42,44H,11,14,27H2,1-7H3,(H,52,59)(H,55,62)(H,56,64)(H,53,54,57,58)/t42-,44+/m0/s1. The molecule has 1 saturated heterocycles. The molecule has 338 valence electrons. The van der Waals surface area contributed by atoms with Crippen molar-refractivity contribution in [3.05, 3.63) is 144 Å². The van der Waals surface area contributed by atoms with Gasteiger partial charge in [0.1, 0.15) is 29.6 Å². The van der Waals surface area contributed by atoms with Gasteiger partial charge >= 0.3 is 6.09 Å². The van der Waals surface area contributed by atoms with E-state index in [-0.39, 0.29) is 29.8 Å². The summed E-state index contributed by atoms with van der Waals surface area (Å²) in [5.74, 6) is 1.30. The Morgan fingerprint density at radius 3 is 2.30 bits per heavy atom. The van der Waals surface area contributed by atoms with Gasteiger partial charge in [-0.15, -0.1) is 0 Å². The number of H-pyrrole nitrogens is 1. The van der Waals surface area contributed by atoms with Crippen LogP contribution in [0.4, 0.5) is 27.7 Å². The van der Waals surface area contributed by atoms with Gasteiger partial charge in [0.25, 0.3) is 5.91 Å². The van der Waals surface area contributed by atoms with E-state index in [2.05, 4.69) is 44.7 Å². The third kappa shape index (κ3) is 10.7. The summed E-state index contributed by atoms with van der Waals surface area (Å²) in [6, 6.07) is 33.7. The minimum atomic E-state index is -0.617. The van der Waals surface area contributed by atoms with Gasteiger partial charge in [-0.2, -0.15) is 0 Å². The Hall–Kier alpha value is -7.10. The number of pyridine rings is 1. The number of carbonyl (C=O) groups is 3. The first-order valence-electron chi connectivity index (χ1n) is 22.0. The number of rotatable bonds is 13. The van der Waals surface area contributed by atoms with Gasteiger partial charge in [0, 0.05) is 50.7 Å². The number of likely N-dealkylation sites (N-methyl/N-ethyl adjacent to an activating group) is 1. The van der Waals surface area contributed by atoms with E-state index in [1.165, 1.54) is 18.1 Å². The molecule has 0 saturated carbocycles. The summed E-state index contributed by atoms with van der Waals surface area (Å²) in [6.07, 6.45) is 4.54. The van der Waals surface area contributed by atoms with E-state index in [0.717, 1.165) is 56.4 Å². The number of likely N-dealkylation sites (tertiary alicyclic amines) is 1. The molecule has 8 rings (SSSR count). The van der Waals surface area contributed by atoms with Crippen LogP contribution < -0.4 is 16.0 Å². The Morgan fingerprint density at radius 1 is 0.864 bits per heavy atom. The molecule has 0 radical (unpaired) electrons. The molecule has 4 heterocycles. The number of imidazole rings is 1. The smallest absolute Gasteiger partial charge is 0.412 e. The lowest BCUT2D eigenvalue weighted by Gasteiger charge is -2.31. The topological polar surface area (TPSA) is 170 Å². The summed E-state index contributed by atoms with van der Waals surface area (Å²) in [7, 11) is 3.87. The molecule has 7 aromatic rings. The number of ether oxygens (including phenoxy) is 1. The van der Waals surface area contributed by atoms with Gasteiger partial charge in [-0.3, -0.25) is 19.8 Å². The van der Waals surface area contributed by atoms with E-state index in [0.29, 0.717) is 40.6 Å². The average molecular weight is 903 g/mol. The van der Waals surface area contributed by atoms with E-state index in [4.69, 9.17) is 14.7 Å². The van der Waals surface area contributed by atoms with Crippen LogP contribution >= 0.6 is 11.8 Å². The van der Waals surface area contributed by atoms with E-state index in [1.54, 1.807) is 12.1 Å². The summed E-state index contributed by atoms with van der Waals surface area (Å²) in [5, 5.41) is 10.0. The summed E-state index contributed by atoms with van der Waals surface area (Å²) >= 11 is 1.49. The summed E-state index contributed by atoms with van der Waals surface area (Å²) in [4.78, 5) is 68.0. The Morgan fingerprint density at radius 2 is 1.59 bits per heavy atom. The van der Waals surface area contributed by atoms with Crippen LogP contribution in [0.2, 0.25) is 0 Å². The van der Waals surface area contributed by atoms with E-state index in [1.807, 2.05) is 148 Å². The third-order valence-corrected chi connectivity index (χ3v) is 12.2. The van der Waals surface area contributed by atoms with Crippen molar-refractivity contribution in [3.63, 3.8) is 0 Å². The highest BCUT2D eigenvalue weighted by Crippen LogP contribution is 2.38. The molecule has 4 N–H and O–H groups in total. The molecule has 1 fully saturated rings. The normalized spacial score (nSPS) is 14.4. The highest BCUT2D eigenvalue weighted by molar-refractivity contribution is 7.99. The van der Waals surface area contributed by atoms with Gasteiger partial charge in [-0.05, 0) is 126 Å². The zero-order chi connectivity index (χ0) is 46.5. The molecule has 14 nitrogen and oxygen atoms in total. The maximum atomic E-state index is 14.0. The van der Waals surface area contributed by atoms with Crippen LogP contribution in [0.15, 0.2) is 132 Å². The quantitative estimate of drug-likeness (QED) is 0.0868. The molecule has 0 unspecified atom stereocenters. The molecule has 4 aromatic carbocycles. The van der Waals surface area contributed by atoms with Crippen molar-refractivity contribution >= 4 is 63.6 Å². The number of aromatic amines is 1. The van der Waals surface area contributed by atoms with Crippen LogP contribution in [-0.2, 0) is 9.53 Å². The van der Waals surface area contributed by atoms with Gasteiger partial charge in [-0.1, -0.05) is 68.1 Å². The predicted octanol–water partition coefficient (Wildman–Crippen LogP) is 11.0. The highest BCUT2D eigenvalue weighted by atomic mass is 32.2. The molecular weight excluding hydrogens is 849 g/mol. The Bertz CT molecular complexity index is 2840. The number of hydrogen-bond donors (Lipinski definition) is 4. The fourth-order valence-corrected chi connectivity index (χ4v) is 8.75. The fraction of sp³-hybridized carbons (Fsp3) is 0.275. The zero-order valence-corrected chi connectivity index (χ0v) is 38.9. The minimum absolute atomic E-state index is 0.0592. The van der Waals surface area contributed by atoms with Crippen molar-refractivity contribution in [2.45, 2.75) is 80.9 Å². The first-order valence-corrected chi connectivity index (χ1v) is 22.8.